The third-order valence-electron chi connectivity index (χ3n) is 8.30. The van der Waals surface area contributed by atoms with Crippen molar-refractivity contribution in [3.05, 3.63) is 54.7 Å². The largest absolute Gasteiger partial charge is 0.370 e. The lowest BCUT2D eigenvalue weighted by atomic mass is 9.97. The Balaban J connectivity index is 1.25. The second kappa shape index (κ2) is 7.44. The maximum atomic E-state index is 5.15. The predicted octanol–water partition coefficient (Wildman–Crippen LogP) is 4.80. The van der Waals surface area contributed by atoms with Crippen molar-refractivity contribution in [2.24, 2.45) is 13.0 Å². The summed E-state index contributed by atoms with van der Waals surface area (Å²) >= 11 is 0. The van der Waals surface area contributed by atoms with Crippen molar-refractivity contribution in [1.82, 2.24) is 29.3 Å². The maximum absolute atomic E-state index is 5.15. The zero-order chi connectivity index (χ0) is 22.9. The van der Waals surface area contributed by atoms with Crippen LogP contribution in [0.3, 0.4) is 0 Å². The summed E-state index contributed by atoms with van der Waals surface area (Å²) in [5.74, 6) is 1.77. The molecule has 0 bridgehead atoms. The summed E-state index contributed by atoms with van der Waals surface area (Å²) in [6.07, 6.45) is 8.30. The molecule has 3 fully saturated rings. The Hall–Kier alpha value is -3.12. The number of fused-ring (bicyclic) bond motifs is 2. The van der Waals surface area contributed by atoms with Crippen molar-refractivity contribution in [1.29, 1.82) is 0 Å². The first-order valence-corrected chi connectivity index (χ1v) is 12.7. The first-order valence-electron chi connectivity index (χ1n) is 12.7. The number of likely N-dealkylation sites (tertiary alicyclic amines) is 1. The highest BCUT2D eigenvalue weighted by atomic mass is 15.2. The van der Waals surface area contributed by atoms with Crippen LogP contribution in [0.4, 0.5) is 0 Å². The molecule has 2 aliphatic heterocycles. The number of hydrogen-bond donors (Lipinski definition) is 1. The van der Waals surface area contributed by atoms with E-state index < -0.39 is 0 Å². The van der Waals surface area contributed by atoms with Gasteiger partial charge in [0.05, 0.1) is 16.7 Å². The fourth-order valence-electron chi connectivity index (χ4n) is 6.13. The van der Waals surface area contributed by atoms with Gasteiger partial charge in [-0.2, -0.15) is 0 Å². The fraction of sp³-hybridized carbons (Fsp3) is 0.429. The summed E-state index contributed by atoms with van der Waals surface area (Å²) in [5.41, 5.74) is 6.99. The van der Waals surface area contributed by atoms with E-state index in [0.717, 1.165) is 66.0 Å². The summed E-state index contributed by atoms with van der Waals surface area (Å²) in [6.45, 7) is 8.79. The lowest BCUT2D eigenvalue weighted by molar-refractivity contribution is 0.374. The van der Waals surface area contributed by atoms with E-state index in [4.69, 9.17) is 9.97 Å². The number of rotatable bonds is 5. The van der Waals surface area contributed by atoms with Crippen LogP contribution in [-0.4, -0.2) is 49.2 Å². The van der Waals surface area contributed by atoms with Crippen LogP contribution < -0.4 is 5.32 Å². The summed E-state index contributed by atoms with van der Waals surface area (Å²) in [4.78, 5) is 12.3. The average Bonchev–Trinajstić information content (AvgIpc) is 3.18. The molecule has 6 heteroatoms. The zero-order valence-electron chi connectivity index (χ0n) is 19.9. The van der Waals surface area contributed by atoms with E-state index in [1.807, 2.05) is 12.3 Å². The standard InChI is InChI=1S/C28H32N6/c1-19(33-14-11-28(18-33)10-4-13-30-28)21-8-9-24-23(15-21)31-27(32(24)2)25-16-22-5-3-12-29-26(22)34(25)17-20-6-7-20/h3,5,8-9,12,15-16,20,30H,1,4,6-7,10-11,13-14,17-18H2,2H3. The summed E-state index contributed by atoms with van der Waals surface area (Å²) in [5, 5.41) is 4.94. The van der Waals surface area contributed by atoms with Crippen molar-refractivity contribution in [3.63, 3.8) is 0 Å². The van der Waals surface area contributed by atoms with Gasteiger partial charge in [0, 0.05) is 49.5 Å². The second-order valence-electron chi connectivity index (χ2n) is 10.6. The molecule has 4 aromatic rings. The Labute approximate surface area is 200 Å². The second-order valence-corrected chi connectivity index (χ2v) is 10.6. The average molecular weight is 453 g/mol. The number of nitrogens with one attached hydrogen (secondary N) is 1. The minimum Gasteiger partial charge on any atom is -0.370 e. The van der Waals surface area contributed by atoms with Crippen LogP contribution in [-0.2, 0) is 13.6 Å². The van der Waals surface area contributed by atoms with Crippen molar-refractivity contribution < 1.29 is 0 Å². The van der Waals surface area contributed by atoms with Crippen LogP contribution in [0.25, 0.3) is 39.3 Å². The number of nitrogens with zero attached hydrogens (tertiary/aromatic N) is 5. The highest BCUT2D eigenvalue weighted by Crippen LogP contribution is 2.37. The lowest BCUT2D eigenvalue weighted by Gasteiger charge is -2.26. The van der Waals surface area contributed by atoms with Gasteiger partial charge in [-0.05, 0) is 80.5 Å². The number of aryl methyl sites for hydroxylation is 1. The molecule has 1 N–H and O–H groups in total. The van der Waals surface area contributed by atoms with E-state index in [1.54, 1.807) is 0 Å². The first kappa shape index (κ1) is 20.3. The SMILES string of the molecule is C=C(c1ccc2c(c1)nc(-c1cc3cccnc3n1CC1CC1)n2C)N1CCC2(CCCN2)C1. The molecule has 1 unspecified atom stereocenters. The molecule has 1 spiro atoms. The summed E-state index contributed by atoms with van der Waals surface area (Å²) < 4.78 is 4.61. The molecular weight excluding hydrogens is 420 g/mol. The smallest absolute Gasteiger partial charge is 0.157 e. The minimum absolute atomic E-state index is 0.300. The van der Waals surface area contributed by atoms with Gasteiger partial charge in [-0.3, -0.25) is 0 Å². The van der Waals surface area contributed by atoms with Gasteiger partial charge in [0.15, 0.2) is 5.82 Å². The van der Waals surface area contributed by atoms with Crippen molar-refractivity contribution in [2.45, 2.75) is 44.2 Å². The van der Waals surface area contributed by atoms with Gasteiger partial charge in [-0.15, -0.1) is 0 Å². The monoisotopic (exact) mass is 452 g/mol. The molecule has 2 saturated heterocycles. The van der Waals surface area contributed by atoms with E-state index in [-0.39, 0.29) is 0 Å². The Morgan fingerprint density at radius 3 is 2.94 bits per heavy atom. The number of aromatic nitrogens is 4. The van der Waals surface area contributed by atoms with Crippen LogP contribution in [0.5, 0.6) is 0 Å². The minimum atomic E-state index is 0.300. The van der Waals surface area contributed by atoms with E-state index in [2.05, 4.69) is 63.3 Å². The molecule has 1 atom stereocenters. The van der Waals surface area contributed by atoms with Crippen LogP contribution in [0, 0.1) is 5.92 Å². The van der Waals surface area contributed by atoms with Gasteiger partial charge in [-0.25, -0.2) is 9.97 Å². The van der Waals surface area contributed by atoms with Crippen LogP contribution in [0.2, 0.25) is 0 Å². The topological polar surface area (TPSA) is 50.9 Å². The molecule has 0 radical (unpaired) electrons. The fourth-order valence-corrected chi connectivity index (χ4v) is 6.13. The van der Waals surface area contributed by atoms with E-state index in [1.165, 1.54) is 43.1 Å². The van der Waals surface area contributed by atoms with E-state index in [0.29, 0.717) is 5.54 Å². The summed E-state index contributed by atoms with van der Waals surface area (Å²) in [7, 11) is 2.13. The highest BCUT2D eigenvalue weighted by molar-refractivity contribution is 5.87. The van der Waals surface area contributed by atoms with E-state index in [9.17, 15) is 0 Å². The molecule has 6 nitrogen and oxygen atoms in total. The first-order chi connectivity index (χ1) is 16.6. The molecule has 3 aliphatic rings. The molecular formula is C28H32N6. The molecule has 7 rings (SSSR count). The quantitative estimate of drug-likeness (QED) is 0.473. The molecule has 5 heterocycles. The molecule has 1 saturated carbocycles. The van der Waals surface area contributed by atoms with Gasteiger partial charge in [0.1, 0.15) is 5.65 Å². The van der Waals surface area contributed by atoms with Crippen molar-refractivity contribution >= 4 is 27.8 Å². The molecule has 174 valence electrons. The third-order valence-corrected chi connectivity index (χ3v) is 8.30. The molecule has 1 aromatic carbocycles. The highest BCUT2D eigenvalue weighted by Gasteiger charge is 2.40. The Morgan fingerprint density at radius 2 is 2.12 bits per heavy atom. The normalized spacial score (nSPS) is 22.6. The van der Waals surface area contributed by atoms with Crippen LogP contribution in [0.1, 0.15) is 37.7 Å². The Bertz CT molecular complexity index is 1420. The zero-order valence-corrected chi connectivity index (χ0v) is 19.9. The molecule has 34 heavy (non-hydrogen) atoms. The maximum Gasteiger partial charge on any atom is 0.157 e. The predicted molar refractivity (Wildman–Crippen MR) is 137 cm³/mol. The summed E-state index contributed by atoms with van der Waals surface area (Å²) in [6, 6.07) is 13.1. The van der Waals surface area contributed by atoms with Gasteiger partial charge in [-0.1, -0.05) is 12.6 Å². The number of imidazole rings is 1. The molecule has 0 amide bonds. The van der Waals surface area contributed by atoms with Gasteiger partial charge in [0.2, 0.25) is 0 Å². The van der Waals surface area contributed by atoms with Crippen molar-refractivity contribution in [2.75, 3.05) is 19.6 Å². The van der Waals surface area contributed by atoms with Crippen molar-refractivity contribution in [3.8, 4) is 11.5 Å². The third kappa shape index (κ3) is 3.19. The number of pyridine rings is 1. The Kier molecular flexibility index (Phi) is 4.44. The molecule has 3 aromatic heterocycles. The van der Waals surface area contributed by atoms with Gasteiger partial charge in [0.25, 0.3) is 0 Å². The molecule has 1 aliphatic carbocycles. The van der Waals surface area contributed by atoms with Gasteiger partial charge < -0.3 is 19.4 Å². The van der Waals surface area contributed by atoms with E-state index >= 15 is 0 Å². The van der Waals surface area contributed by atoms with Crippen LogP contribution in [0.15, 0.2) is 49.2 Å². The van der Waals surface area contributed by atoms with Crippen LogP contribution >= 0.6 is 0 Å². The number of hydrogen-bond acceptors (Lipinski definition) is 4. The Morgan fingerprint density at radius 1 is 1.21 bits per heavy atom. The lowest BCUT2D eigenvalue weighted by Crippen LogP contribution is -2.41. The number of benzene rings is 1. The van der Waals surface area contributed by atoms with Gasteiger partial charge >= 0.3 is 0 Å².